The number of rotatable bonds is 4. The van der Waals surface area contributed by atoms with E-state index in [0.29, 0.717) is 17.3 Å². The first-order valence-corrected chi connectivity index (χ1v) is 5.14. The highest BCUT2D eigenvalue weighted by molar-refractivity contribution is 6.33. The number of halogens is 1. The van der Waals surface area contributed by atoms with E-state index in [9.17, 15) is 0 Å². The SMILES string of the molecule is COCC(C)(C)Nc1ccc(N)cc1Cl. The molecule has 0 atom stereocenters. The largest absolute Gasteiger partial charge is 0.399 e. The van der Waals surface area contributed by atoms with Crippen LogP contribution < -0.4 is 11.1 Å². The van der Waals surface area contributed by atoms with Crippen LogP contribution in [-0.4, -0.2) is 19.3 Å². The number of methoxy groups -OCH3 is 1. The summed E-state index contributed by atoms with van der Waals surface area (Å²) in [4.78, 5) is 0. The van der Waals surface area contributed by atoms with Crippen LogP contribution in [0.15, 0.2) is 18.2 Å². The topological polar surface area (TPSA) is 47.3 Å². The zero-order chi connectivity index (χ0) is 11.5. The molecule has 0 aliphatic carbocycles. The van der Waals surface area contributed by atoms with Crippen molar-refractivity contribution in [3.05, 3.63) is 23.2 Å². The van der Waals surface area contributed by atoms with Crippen molar-refractivity contribution in [3.8, 4) is 0 Å². The predicted octanol–water partition coefficient (Wildman–Crippen LogP) is 2.76. The van der Waals surface area contributed by atoms with Gasteiger partial charge >= 0.3 is 0 Å². The third-order valence-corrected chi connectivity index (χ3v) is 2.28. The molecule has 1 aromatic carbocycles. The van der Waals surface area contributed by atoms with E-state index in [-0.39, 0.29) is 5.54 Å². The second kappa shape index (κ2) is 4.73. The molecule has 0 bridgehead atoms. The Morgan fingerprint density at radius 2 is 2.13 bits per heavy atom. The fourth-order valence-electron chi connectivity index (χ4n) is 1.39. The van der Waals surface area contributed by atoms with Crippen LogP contribution in [0.4, 0.5) is 11.4 Å². The van der Waals surface area contributed by atoms with Gasteiger partial charge in [0.2, 0.25) is 0 Å². The Bertz CT molecular complexity index is 339. The molecule has 0 saturated carbocycles. The number of nitrogens with two attached hydrogens (primary N) is 1. The van der Waals surface area contributed by atoms with E-state index in [4.69, 9.17) is 22.1 Å². The molecule has 84 valence electrons. The number of nitrogen functional groups attached to an aromatic ring is 1. The van der Waals surface area contributed by atoms with Crippen molar-refractivity contribution in [2.45, 2.75) is 19.4 Å². The lowest BCUT2D eigenvalue weighted by molar-refractivity contribution is 0.158. The Hall–Kier alpha value is -0.930. The van der Waals surface area contributed by atoms with Crippen LogP contribution in [0.25, 0.3) is 0 Å². The van der Waals surface area contributed by atoms with E-state index in [1.54, 1.807) is 13.2 Å². The Morgan fingerprint density at radius 1 is 1.47 bits per heavy atom. The molecule has 0 spiro atoms. The minimum atomic E-state index is -0.158. The molecule has 15 heavy (non-hydrogen) atoms. The highest BCUT2D eigenvalue weighted by Crippen LogP contribution is 2.26. The van der Waals surface area contributed by atoms with E-state index in [0.717, 1.165) is 5.69 Å². The lowest BCUT2D eigenvalue weighted by atomic mass is 10.1. The quantitative estimate of drug-likeness (QED) is 0.780. The fourth-order valence-corrected chi connectivity index (χ4v) is 1.63. The van der Waals surface area contributed by atoms with Gasteiger partial charge in [-0.05, 0) is 32.0 Å². The summed E-state index contributed by atoms with van der Waals surface area (Å²) in [6, 6.07) is 5.42. The van der Waals surface area contributed by atoms with Crippen molar-refractivity contribution in [2.24, 2.45) is 0 Å². The monoisotopic (exact) mass is 228 g/mol. The molecule has 0 aromatic heterocycles. The zero-order valence-corrected chi connectivity index (χ0v) is 10.1. The van der Waals surface area contributed by atoms with Gasteiger partial charge in [-0.1, -0.05) is 11.6 Å². The Morgan fingerprint density at radius 3 is 2.67 bits per heavy atom. The van der Waals surface area contributed by atoms with E-state index >= 15 is 0 Å². The zero-order valence-electron chi connectivity index (χ0n) is 9.30. The third-order valence-electron chi connectivity index (χ3n) is 1.97. The molecule has 0 aliphatic heterocycles. The Balaban J connectivity index is 2.80. The van der Waals surface area contributed by atoms with Gasteiger partial charge in [0.15, 0.2) is 0 Å². The van der Waals surface area contributed by atoms with Crippen LogP contribution in [0, 0.1) is 0 Å². The maximum Gasteiger partial charge on any atom is 0.0687 e. The Kier molecular flexibility index (Phi) is 3.83. The van der Waals surface area contributed by atoms with Crippen LogP contribution in [0.3, 0.4) is 0 Å². The van der Waals surface area contributed by atoms with Crippen molar-refractivity contribution in [1.82, 2.24) is 0 Å². The van der Waals surface area contributed by atoms with Gasteiger partial charge in [-0.2, -0.15) is 0 Å². The van der Waals surface area contributed by atoms with Gasteiger partial charge in [-0.3, -0.25) is 0 Å². The van der Waals surface area contributed by atoms with Gasteiger partial charge in [0.05, 0.1) is 22.9 Å². The van der Waals surface area contributed by atoms with Crippen LogP contribution >= 0.6 is 11.6 Å². The molecule has 4 heteroatoms. The summed E-state index contributed by atoms with van der Waals surface area (Å²) in [5.74, 6) is 0. The summed E-state index contributed by atoms with van der Waals surface area (Å²) >= 11 is 6.05. The van der Waals surface area contributed by atoms with Gasteiger partial charge in [-0.25, -0.2) is 0 Å². The fraction of sp³-hybridized carbons (Fsp3) is 0.455. The molecule has 1 rings (SSSR count). The summed E-state index contributed by atoms with van der Waals surface area (Å²) in [5.41, 5.74) is 6.99. The van der Waals surface area contributed by atoms with Crippen molar-refractivity contribution in [2.75, 3.05) is 24.8 Å². The average Bonchev–Trinajstić information content (AvgIpc) is 2.09. The van der Waals surface area contributed by atoms with Crippen LogP contribution in [0.2, 0.25) is 5.02 Å². The van der Waals surface area contributed by atoms with Gasteiger partial charge in [0.25, 0.3) is 0 Å². The molecule has 1 aromatic rings. The summed E-state index contributed by atoms with van der Waals surface area (Å²) in [5, 5.41) is 3.93. The molecule has 0 saturated heterocycles. The number of hydrogen-bond donors (Lipinski definition) is 2. The van der Waals surface area contributed by atoms with E-state index in [1.165, 1.54) is 0 Å². The van der Waals surface area contributed by atoms with Gasteiger partial charge in [0.1, 0.15) is 0 Å². The van der Waals surface area contributed by atoms with Crippen molar-refractivity contribution >= 4 is 23.0 Å². The van der Waals surface area contributed by atoms with Gasteiger partial charge < -0.3 is 15.8 Å². The minimum absolute atomic E-state index is 0.158. The minimum Gasteiger partial charge on any atom is -0.399 e. The number of hydrogen-bond acceptors (Lipinski definition) is 3. The summed E-state index contributed by atoms with van der Waals surface area (Å²) < 4.78 is 5.11. The molecule has 0 unspecified atom stereocenters. The first-order valence-electron chi connectivity index (χ1n) is 4.77. The van der Waals surface area contributed by atoms with Crippen LogP contribution in [-0.2, 0) is 4.74 Å². The molecule has 0 radical (unpaired) electrons. The summed E-state index contributed by atoms with van der Waals surface area (Å²) in [6.07, 6.45) is 0. The van der Waals surface area contributed by atoms with Crippen molar-refractivity contribution < 1.29 is 4.74 Å². The summed E-state index contributed by atoms with van der Waals surface area (Å²) in [7, 11) is 1.67. The molecule has 3 nitrogen and oxygen atoms in total. The highest BCUT2D eigenvalue weighted by Gasteiger charge is 2.18. The lowest BCUT2D eigenvalue weighted by Crippen LogP contribution is -2.35. The smallest absolute Gasteiger partial charge is 0.0687 e. The molecule has 3 N–H and O–H groups in total. The predicted molar refractivity (Wildman–Crippen MR) is 65.4 cm³/mol. The number of benzene rings is 1. The second-order valence-corrected chi connectivity index (χ2v) is 4.59. The standard InChI is InChI=1S/C11H17ClN2O/c1-11(2,7-15-3)14-10-5-4-8(13)6-9(10)12/h4-6,14H,7,13H2,1-3H3. The van der Waals surface area contributed by atoms with E-state index in [1.807, 2.05) is 26.0 Å². The number of anilines is 2. The molecule has 0 heterocycles. The molecule has 0 amide bonds. The first kappa shape index (κ1) is 12.1. The summed E-state index contributed by atoms with van der Waals surface area (Å²) in [6.45, 7) is 4.69. The third kappa shape index (κ3) is 3.61. The highest BCUT2D eigenvalue weighted by atomic mass is 35.5. The molecule has 0 fully saturated rings. The van der Waals surface area contributed by atoms with Crippen LogP contribution in [0.1, 0.15) is 13.8 Å². The van der Waals surface area contributed by atoms with Gasteiger partial charge in [0, 0.05) is 12.8 Å². The van der Waals surface area contributed by atoms with E-state index < -0.39 is 0 Å². The maximum atomic E-state index is 6.05. The first-order chi connectivity index (χ1) is 6.94. The molecular weight excluding hydrogens is 212 g/mol. The maximum absolute atomic E-state index is 6.05. The molecular formula is C11H17ClN2O. The second-order valence-electron chi connectivity index (χ2n) is 4.18. The lowest BCUT2D eigenvalue weighted by Gasteiger charge is -2.27. The van der Waals surface area contributed by atoms with Gasteiger partial charge in [-0.15, -0.1) is 0 Å². The van der Waals surface area contributed by atoms with Crippen molar-refractivity contribution in [3.63, 3.8) is 0 Å². The Labute approximate surface area is 95.6 Å². The van der Waals surface area contributed by atoms with Crippen LogP contribution in [0.5, 0.6) is 0 Å². The average molecular weight is 229 g/mol. The normalized spacial score (nSPS) is 11.5. The number of ether oxygens (including phenoxy) is 1. The molecule has 0 aliphatic rings. The van der Waals surface area contributed by atoms with Crippen molar-refractivity contribution in [1.29, 1.82) is 0 Å². The number of nitrogens with one attached hydrogen (secondary N) is 1. The van der Waals surface area contributed by atoms with E-state index in [2.05, 4.69) is 5.32 Å².